The lowest BCUT2D eigenvalue weighted by Gasteiger charge is -2.30. The summed E-state index contributed by atoms with van der Waals surface area (Å²) in [5, 5.41) is 3.48. The van der Waals surface area contributed by atoms with E-state index in [9.17, 15) is 0 Å². The molecular formula is C15H22N2O. The Morgan fingerprint density at radius 1 is 1.39 bits per heavy atom. The van der Waals surface area contributed by atoms with Crippen LogP contribution in [0.4, 0.5) is 0 Å². The summed E-state index contributed by atoms with van der Waals surface area (Å²) in [5.74, 6) is 1.06. The minimum atomic E-state index is 0.430. The van der Waals surface area contributed by atoms with Crippen molar-refractivity contribution >= 4 is 0 Å². The van der Waals surface area contributed by atoms with Crippen molar-refractivity contribution in [2.45, 2.75) is 19.9 Å². The molecule has 1 saturated heterocycles. The number of nitrogens with one attached hydrogen (secondary N) is 1. The van der Waals surface area contributed by atoms with E-state index >= 15 is 0 Å². The van der Waals surface area contributed by atoms with Crippen LogP contribution in [0.15, 0.2) is 24.3 Å². The summed E-state index contributed by atoms with van der Waals surface area (Å²) < 4.78 is 5.82. The summed E-state index contributed by atoms with van der Waals surface area (Å²) in [6, 6.07) is 8.42. The van der Waals surface area contributed by atoms with Gasteiger partial charge >= 0.3 is 0 Å². The minimum absolute atomic E-state index is 0.430. The Balaban J connectivity index is 1.71. The van der Waals surface area contributed by atoms with Crippen molar-refractivity contribution in [2.24, 2.45) is 5.41 Å². The molecule has 1 aromatic carbocycles. The van der Waals surface area contributed by atoms with Crippen LogP contribution in [0, 0.1) is 5.41 Å². The highest BCUT2D eigenvalue weighted by molar-refractivity contribution is 5.33. The summed E-state index contributed by atoms with van der Waals surface area (Å²) in [4.78, 5) is 2.54. The molecule has 0 radical (unpaired) electrons. The molecule has 2 aliphatic rings. The van der Waals surface area contributed by atoms with E-state index in [2.05, 4.69) is 41.4 Å². The van der Waals surface area contributed by atoms with E-state index in [-0.39, 0.29) is 0 Å². The molecule has 2 heterocycles. The van der Waals surface area contributed by atoms with Crippen molar-refractivity contribution in [1.82, 2.24) is 10.2 Å². The molecule has 0 amide bonds. The molecule has 3 nitrogen and oxygen atoms in total. The highest BCUT2D eigenvalue weighted by Crippen LogP contribution is 2.28. The zero-order chi connectivity index (χ0) is 12.4. The van der Waals surface area contributed by atoms with Crippen LogP contribution < -0.4 is 10.1 Å². The van der Waals surface area contributed by atoms with Crippen molar-refractivity contribution in [3.05, 3.63) is 29.8 Å². The molecule has 1 aromatic rings. The maximum atomic E-state index is 5.82. The van der Waals surface area contributed by atoms with Gasteiger partial charge in [-0.25, -0.2) is 0 Å². The van der Waals surface area contributed by atoms with Crippen LogP contribution in [-0.4, -0.2) is 37.7 Å². The first-order valence-electron chi connectivity index (χ1n) is 6.89. The fourth-order valence-electron chi connectivity index (χ4n) is 3.06. The normalized spacial score (nSPS) is 28.5. The molecule has 0 bridgehead atoms. The van der Waals surface area contributed by atoms with Gasteiger partial charge in [0.05, 0.1) is 0 Å². The van der Waals surface area contributed by atoms with Gasteiger partial charge in [0.15, 0.2) is 0 Å². The van der Waals surface area contributed by atoms with Crippen LogP contribution in [0.3, 0.4) is 0 Å². The average Bonchev–Trinajstić information content (AvgIpc) is 2.68. The second-order valence-corrected chi connectivity index (χ2v) is 5.90. The largest absolute Gasteiger partial charge is 0.492 e. The zero-order valence-corrected chi connectivity index (χ0v) is 11.1. The summed E-state index contributed by atoms with van der Waals surface area (Å²) in [6.45, 7) is 8.72. The quantitative estimate of drug-likeness (QED) is 0.862. The molecule has 1 unspecified atom stereocenters. The standard InChI is InChI=1S/C15H22N2O/c1-15(6-7-16-11-15)12-17-8-9-18-14-5-3-2-4-13(14)10-17/h2-5,16H,6-12H2,1H3. The molecule has 1 N–H and O–H groups in total. The maximum Gasteiger partial charge on any atom is 0.123 e. The second-order valence-electron chi connectivity index (χ2n) is 5.90. The average molecular weight is 246 g/mol. The first-order chi connectivity index (χ1) is 8.75. The van der Waals surface area contributed by atoms with Crippen LogP contribution in [0.1, 0.15) is 18.9 Å². The number of fused-ring (bicyclic) bond motifs is 1. The third-order valence-corrected chi connectivity index (χ3v) is 4.09. The molecule has 3 rings (SSSR count). The number of hydrogen-bond donors (Lipinski definition) is 1. The number of ether oxygens (including phenoxy) is 1. The van der Waals surface area contributed by atoms with Crippen LogP contribution >= 0.6 is 0 Å². The fraction of sp³-hybridized carbons (Fsp3) is 0.600. The van der Waals surface area contributed by atoms with Gasteiger partial charge in [0, 0.05) is 31.7 Å². The summed E-state index contributed by atoms with van der Waals surface area (Å²) >= 11 is 0. The number of nitrogens with zero attached hydrogens (tertiary/aromatic N) is 1. The van der Waals surface area contributed by atoms with Gasteiger partial charge in [0.1, 0.15) is 12.4 Å². The van der Waals surface area contributed by atoms with Crippen LogP contribution in [-0.2, 0) is 6.54 Å². The van der Waals surface area contributed by atoms with Gasteiger partial charge in [-0.05, 0) is 24.4 Å². The molecule has 0 aromatic heterocycles. The Morgan fingerprint density at radius 2 is 2.28 bits per heavy atom. The molecule has 0 spiro atoms. The lowest BCUT2D eigenvalue weighted by Crippen LogP contribution is -2.38. The molecule has 3 heteroatoms. The van der Waals surface area contributed by atoms with E-state index in [1.54, 1.807) is 0 Å². The van der Waals surface area contributed by atoms with E-state index in [1.165, 1.54) is 12.0 Å². The summed E-state index contributed by atoms with van der Waals surface area (Å²) in [7, 11) is 0. The van der Waals surface area contributed by atoms with E-state index in [0.717, 1.165) is 45.1 Å². The van der Waals surface area contributed by atoms with Crippen LogP contribution in [0.5, 0.6) is 5.75 Å². The predicted octanol–water partition coefficient (Wildman–Crippen LogP) is 1.88. The van der Waals surface area contributed by atoms with Gasteiger partial charge in [-0.1, -0.05) is 25.1 Å². The molecule has 1 atom stereocenters. The van der Waals surface area contributed by atoms with Gasteiger partial charge in [-0.2, -0.15) is 0 Å². The molecule has 2 aliphatic heterocycles. The Kier molecular flexibility index (Phi) is 3.27. The minimum Gasteiger partial charge on any atom is -0.492 e. The van der Waals surface area contributed by atoms with Gasteiger partial charge < -0.3 is 10.1 Å². The lowest BCUT2D eigenvalue weighted by atomic mass is 9.89. The van der Waals surface area contributed by atoms with Crippen molar-refractivity contribution in [3.8, 4) is 5.75 Å². The molecule has 0 saturated carbocycles. The number of hydrogen-bond acceptors (Lipinski definition) is 3. The first-order valence-corrected chi connectivity index (χ1v) is 6.89. The van der Waals surface area contributed by atoms with Gasteiger partial charge in [0.25, 0.3) is 0 Å². The van der Waals surface area contributed by atoms with Crippen LogP contribution in [0.25, 0.3) is 0 Å². The smallest absolute Gasteiger partial charge is 0.123 e. The van der Waals surface area contributed by atoms with E-state index in [4.69, 9.17) is 4.74 Å². The summed E-state index contributed by atoms with van der Waals surface area (Å²) in [5.41, 5.74) is 1.75. The number of rotatable bonds is 2. The number of para-hydroxylation sites is 1. The van der Waals surface area contributed by atoms with E-state index < -0.39 is 0 Å². The van der Waals surface area contributed by atoms with Crippen molar-refractivity contribution in [1.29, 1.82) is 0 Å². The van der Waals surface area contributed by atoms with Crippen LogP contribution in [0.2, 0.25) is 0 Å². The Hall–Kier alpha value is -1.06. The van der Waals surface area contributed by atoms with Gasteiger partial charge in [-0.3, -0.25) is 4.90 Å². The Morgan fingerprint density at radius 3 is 3.11 bits per heavy atom. The van der Waals surface area contributed by atoms with Gasteiger partial charge in [-0.15, -0.1) is 0 Å². The predicted molar refractivity (Wildman–Crippen MR) is 72.8 cm³/mol. The summed E-state index contributed by atoms with van der Waals surface area (Å²) in [6.07, 6.45) is 1.28. The lowest BCUT2D eigenvalue weighted by molar-refractivity contribution is 0.158. The van der Waals surface area contributed by atoms with Gasteiger partial charge in [0.2, 0.25) is 0 Å². The SMILES string of the molecule is CC1(CN2CCOc3ccccc3C2)CCNC1. The fourth-order valence-corrected chi connectivity index (χ4v) is 3.06. The molecule has 98 valence electrons. The number of benzene rings is 1. The second kappa shape index (κ2) is 4.90. The van der Waals surface area contributed by atoms with Crippen molar-refractivity contribution < 1.29 is 4.74 Å². The molecular weight excluding hydrogens is 224 g/mol. The van der Waals surface area contributed by atoms with E-state index in [1.807, 2.05) is 0 Å². The van der Waals surface area contributed by atoms with E-state index in [0.29, 0.717) is 5.41 Å². The van der Waals surface area contributed by atoms with Crippen molar-refractivity contribution in [3.63, 3.8) is 0 Å². The highest BCUT2D eigenvalue weighted by Gasteiger charge is 2.31. The maximum absolute atomic E-state index is 5.82. The first kappa shape index (κ1) is 12.0. The monoisotopic (exact) mass is 246 g/mol. The topological polar surface area (TPSA) is 24.5 Å². The third-order valence-electron chi connectivity index (χ3n) is 4.09. The molecule has 18 heavy (non-hydrogen) atoms. The van der Waals surface area contributed by atoms with Crippen molar-refractivity contribution in [2.75, 3.05) is 32.8 Å². The molecule has 0 aliphatic carbocycles. The Bertz CT molecular complexity index is 413. The molecule has 1 fully saturated rings. The highest BCUT2D eigenvalue weighted by atomic mass is 16.5. The third kappa shape index (κ3) is 2.52. The Labute approximate surface area is 109 Å². The zero-order valence-electron chi connectivity index (χ0n) is 11.1.